The van der Waals surface area contributed by atoms with Crippen LogP contribution in [0.25, 0.3) is 6.08 Å². The predicted molar refractivity (Wildman–Crippen MR) is 70.5 cm³/mol. The number of halogens is 1. The van der Waals surface area contributed by atoms with Gasteiger partial charge in [0.25, 0.3) is 0 Å². The van der Waals surface area contributed by atoms with Gasteiger partial charge < -0.3 is 9.88 Å². The highest BCUT2D eigenvalue weighted by molar-refractivity contribution is 5.91. The van der Waals surface area contributed by atoms with Crippen LogP contribution in [0.3, 0.4) is 0 Å². The number of imidazole rings is 1. The lowest BCUT2D eigenvalue weighted by Crippen LogP contribution is -2.24. The Morgan fingerprint density at radius 1 is 1.42 bits per heavy atom. The number of nitrogens with zero attached hydrogens (tertiary/aromatic N) is 2. The summed E-state index contributed by atoms with van der Waals surface area (Å²) in [5.41, 5.74) is 0.779. The van der Waals surface area contributed by atoms with E-state index in [0.717, 1.165) is 11.4 Å². The molecule has 1 heterocycles. The Morgan fingerprint density at radius 2 is 2.16 bits per heavy atom. The second-order valence-electron chi connectivity index (χ2n) is 4.12. The van der Waals surface area contributed by atoms with Gasteiger partial charge in [-0.3, -0.25) is 4.79 Å². The van der Waals surface area contributed by atoms with Crippen molar-refractivity contribution >= 4 is 12.0 Å². The van der Waals surface area contributed by atoms with Crippen molar-refractivity contribution in [3.8, 4) is 0 Å². The summed E-state index contributed by atoms with van der Waals surface area (Å²) in [6.45, 7) is 0.416. The molecular formula is C14H14FN3O. The summed E-state index contributed by atoms with van der Waals surface area (Å²) >= 11 is 0. The molecular weight excluding hydrogens is 245 g/mol. The van der Waals surface area contributed by atoms with Gasteiger partial charge in [0.05, 0.1) is 6.54 Å². The van der Waals surface area contributed by atoms with E-state index in [-0.39, 0.29) is 11.7 Å². The van der Waals surface area contributed by atoms with Gasteiger partial charge in [0.15, 0.2) is 0 Å². The Morgan fingerprint density at radius 3 is 2.79 bits per heavy atom. The summed E-state index contributed by atoms with van der Waals surface area (Å²) in [6.07, 6.45) is 6.46. The fourth-order valence-corrected chi connectivity index (χ4v) is 1.56. The zero-order valence-corrected chi connectivity index (χ0v) is 10.5. The molecule has 1 aromatic heterocycles. The number of carbonyl (C=O) groups excluding carboxylic acids is 1. The van der Waals surface area contributed by atoms with Crippen molar-refractivity contribution in [3.05, 3.63) is 59.9 Å². The molecule has 0 spiro atoms. The summed E-state index contributed by atoms with van der Waals surface area (Å²) in [5.74, 6) is 0.296. The van der Waals surface area contributed by atoms with E-state index in [1.54, 1.807) is 42.6 Å². The van der Waals surface area contributed by atoms with Crippen molar-refractivity contribution in [2.24, 2.45) is 0 Å². The molecule has 0 aliphatic rings. The lowest BCUT2D eigenvalue weighted by molar-refractivity contribution is -0.125. The first kappa shape index (κ1) is 13.0. The molecule has 0 saturated heterocycles. The van der Waals surface area contributed by atoms with Gasteiger partial charge in [-0.15, -0.1) is 0 Å². The van der Waals surface area contributed by atoms with Gasteiger partial charge in [-0.05, 0) is 23.8 Å². The minimum absolute atomic E-state index is 0.138. The molecule has 98 valence electrons. The molecule has 5 heteroatoms. The van der Waals surface area contributed by atoms with Crippen molar-refractivity contribution in [3.63, 3.8) is 0 Å². The maximum Gasteiger partial charge on any atom is 0.246 e. The minimum Gasteiger partial charge on any atom is -0.347 e. The Balaban J connectivity index is 1.94. The fraction of sp³-hybridized carbons (Fsp3) is 0.143. The van der Waals surface area contributed by atoms with Crippen LogP contribution < -0.4 is 0 Å². The Bertz CT molecular complexity index is 561. The van der Waals surface area contributed by atoms with Gasteiger partial charge in [-0.1, -0.05) is 12.1 Å². The number of nitrogens with one attached hydrogen (secondary N) is 1. The molecule has 19 heavy (non-hydrogen) atoms. The molecule has 1 aromatic carbocycles. The molecule has 2 aromatic rings. The number of rotatable bonds is 4. The second-order valence-corrected chi connectivity index (χ2v) is 4.12. The Kier molecular flexibility index (Phi) is 4.07. The average Bonchev–Trinajstić information content (AvgIpc) is 2.90. The minimum atomic E-state index is -0.293. The summed E-state index contributed by atoms with van der Waals surface area (Å²) in [4.78, 5) is 20.4. The van der Waals surface area contributed by atoms with E-state index in [0.29, 0.717) is 6.54 Å². The summed E-state index contributed by atoms with van der Waals surface area (Å²) < 4.78 is 12.7. The largest absolute Gasteiger partial charge is 0.347 e. The van der Waals surface area contributed by atoms with Crippen molar-refractivity contribution in [2.75, 3.05) is 7.05 Å². The molecule has 2 rings (SSSR count). The number of hydrogen-bond acceptors (Lipinski definition) is 2. The number of amides is 1. The maximum absolute atomic E-state index is 12.7. The maximum atomic E-state index is 12.7. The summed E-state index contributed by atoms with van der Waals surface area (Å²) in [5, 5.41) is 0. The second kappa shape index (κ2) is 5.95. The first-order valence-corrected chi connectivity index (χ1v) is 5.82. The van der Waals surface area contributed by atoms with E-state index in [2.05, 4.69) is 9.97 Å². The predicted octanol–water partition coefficient (Wildman–Crippen LogP) is 2.22. The van der Waals surface area contributed by atoms with Crippen LogP contribution in [0.1, 0.15) is 11.4 Å². The standard InChI is InChI=1S/C14H14FN3O/c1-18(10-13-16-8-9-17-13)14(19)7-4-11-2-5-12(15)6-3-11/h2-9H,10H2,1H3,(H,16,17). The SMILES string of the molecule is CN(Cc1ncc[nH]1)C(=O)C=Cc1ccc(F)cc1. The number of aromatic amines is 1. The van der Waals surface area contributed by atoms with Crippen LogP contribution >= 0.6 is 0 Å². The molecule has 0 atom stereocenters. The van der Waals surface area contributed by atoms with E-state index in [9.17, 15) is 9.18 Å². The topological polar surface area (TPSA) is 49.0 Å². The molecule has 0 aliphatic carbocycles. The Labute approximate surface area is 110 Å². The molecule has 0 radical (unpaired) electrons. The summed E-state index contributed by atoms with van der Waals surface area (Å²) in [6, 6.07) is 5.95. The fourth-order valence-electron chi connectivity index (χ4n) is 1.56. The molecule has 0 bridgehead atoms. The highest BCUT2D eigenvalue weighted by Gasteiger charge is 2.06. The lowest BCUT2D eigenvalue weighted by atomic mass is 10.2. The molecule has 0 fully saturated rings. The van der Waals surface area contributed by atoms with Crippen LogP contribution in [0.4, 0.5) is 4.39 Å². The van der Waals surface area contributed by atoms with Crippen molar-refractivity contribution in [1.82, 2.24) is 14.9 Å². The molecule has 1 N–H and O–H groups in total. The van der Waals surface area contributed by atoms with Gasteiger partial charge in [0, 0.05) is 25.5 Å². The Hall–Kier alpha value is -2.43. The molecule has 4 nitrogen and oxygen atoms in total. The third-order valence-electron chi connectivity index (χ3n) is 2.61. The van der Waals surface area contributed by atoms with Crippen molar-refractivity contribution < 1.29 is 9.18 Å². The number of likely N-dealkylation sites (N-methyl/N-ethyl adjacent to an activating group) is 1. The molecule has 0 unspecified atom stereocenters. The van der Waals surface area contributed by atoms with Crippen LogP contribution in [0.5, 0.6) is 0 Å². The number of carbonyl (C=O) groups is 1. The first-order chi connectivity index (χ1) is 9.15. The van der Waals surface area contributed by atoms with E-state index < -0.39 is 0 Å². The molecule has 1 amide bonds. The number of hydrogen-bond donors (Lipinski definition) is 1. The van der Waals surface area contributed by atoms with Crippen molar-refractivity contribution in [2.45, 2.75) is 6.54 Å². The zero-order chi connectivity index (χ0) is 13.7. The smallest absolute Gasteiger partial charge is 0.246 e. The van der Waals surface area contributed by atoms with Crippen molar-refractivity contribution in [1.29, 1.82) is 0 Å². The molecule has 0 aliphatic heterocycles. The average molecular weight is 259 g/mol. The van der Waals surface area contributed by atoms with E-state index in [4.69, 9.17) is 0 Å². The third kappa shape index (κ3) is 3.77. The van der Waals surface area contributed by atoms with Crippen LogP contribution in [-0.2, 0) is 11.3 Å². The van der Waals surface area contributed by atoms with Gasteiger partial charge in [0.1, 0.15) is 11.6 Å². The van der Waals surface area contributed by atoms with Gasteiger partial charge in [-0.25, -0.2) is 9.37 Å². The van der Waals surface area contributed by atoms with Crippen LogP contribution in [0.2, 0.25) is 0 Å². The zero-order valence-electron chi connectivity index (χ0n) is 10.5. The number of H-pyrrole nitrogens is 1. The normalized spacial score (nSPS) is 10.8. The lowest BCUT2D eigenvalue weighted by Gasteiger charge is -2.12. The van der Waals surface area contributed by atoms with Gasteiger partial charge in [-0.2, -0.15) is 0 Å². The van der Waals surface area contributed by atoms with Gasteiger partial charge >= 0.3 is 0 Å². The van der Waals surface area contributed by atoms with E-state index >= 15 is 0 Å². The van der Waals surface area contributed by atoms with Gasteiger partial charge in [0.2, 0.25) is 5.91 Å². The quantitative estimate of drug-likeness (QED) is 0.856. The number of aromatic nitrogens is 2. The number of benzene rings is 1. The third-order valence-corrected chi connectivity index (χ3v) is 2.61. The van der Waals surface area contributed by atoms with Crippen LogP contribution in [0, 0.1) is 5.82 Å². The highest BCUT2D eigenvalue weighted by Crippen LogP contribution is 2.05. The highest BCUT2D eigenvalue weighted by atomic mass is 19.1. The van der Waals surface area contributed by atoms with E-state index in [1.165, 1.54) is 18.2 Å². The molecule has 0 saturated carbocycles. The van der Waals surface area contributed by atoms with Crippen LogP contribution in [-0.4, -0.2) is 27.8 Å². The summed E-state index contributed by atoms with van der Waals surface area (Å²) in [7, 11) is 1.69. The monoisotopic (exact) mass is 259 g/mol. The van der Waals surface area contributed by atoms with E-state index in [1.807, 2.05) is 0 Å². The first-order valence-electron chi connectivity index (χ1n) is 5.82. The van der Waals surface area contributed by atoms with Crippen LogP contribution in [0.15, 0.2) is 42.7 Å².